The largest absolute Gasteiger partial charge is 0.378 e. The summed E-state index contributed by atoms with van der Waals surface area (Å²) in [6.07, 6.45) is 6.63. The van der Waals surface area contributed by atoms with E-state index in [0.717, 1.165) is 38.5 Å². The number of hydrogen-bond acceptors (Lipinski definition) is 5. The molecule has 0 rings (SSSR count). The molecule has 20 heavy (non-hydrogen) atoms. The zero-order chi connectivity index (χ0) is 15.1. The summed E-state index contributed by atoms with van der Waals surface area (Å²) in [5, 5.41) is 25.5. The number of nitrogens with two attached hydrogens (primary N) is 1. The molecule has 0 fully saturated rings. The Morgan fingerprint density at radius 2 is 1.30 bits per heavy atom. The molecule has 0 radical (unpaired) electrons. The molecule has 5 nitrogen and oxygen atoms in total. The van der Waals surface area contributed by atoms with E-state index in [1.54, 1.807) is 0 Å². The number of unbranched alkanes of at least 4 members (excludes halogenated alkanes) is 4. The minimum absolute atomic E-state index is 0.374. The van der Waals surface area contributed by atoms with Crippen molar-refractivity contribution in [3.63, 3.8) is 0 Å². The number of hydrogen-bond donors (Lipinski definition) is 1. The second-order valence-electron chi connectivity index (χ2n) is 5.05. The lowest BCUT2D eigenvalue weighted by Gasteiger charge is -2.29. The van der Waals surface area contributed by atoms with Gasteiger partial charge in [0.15, 0.2) is 0 Å². The van der Waals surface area contributed by atoms with Crippen molar-refractivity contribution in [3.8, 4) is 18.2 Å². The molecule has 0 atom stereocenters. The van der Waals surface area contributed by atoms with E-state index in [9.17, 15) is 0 Å². The van der Waals surface area contributed by atoms with Gasteiger partial charge in [0, 0.05) is 18.4 Å². The molecule has 0 bridgehead atoms. The van der Waals surface area contributed by atoms with Gasteiger partial charge in [-0.2, -0.15) is 15.8 Å². The molecule has 0 aromatic carbocycles. The lowest BCUT2D eigenvalue weighted by molar-refractivity contribution is 0.0784. The molecular weight excluding hydrogens is 252 g/mol. The first-order valence-electron chi connectivity index (χ1n) is 7.16. The first-order valence-corrected chi connectivity index (χ1v) is 7.16. The van der Waals surface area contributed by atoms with Crippen molar-refractivity contribution < 1.29 is 4.74 Å². The Bertz CT molecular complexity index is 306. The highest BCUT2D eigenvalue weighted by molar-refractivity contribution is 4.85. The molecule has 110 valence electrons. The Labute approximate surface area is 121 Å². The predicted molar refractivity (Wildman–Crippen MR) is 76.1 cm³/mol. The fraction of sp³-hybridized carbons (Fsp3) is 0.800. The van der Waals surface area contributed by atoms with Gasteiger partial charge in [-0.1, -0.05) is 12.8 Å². The van der Waals surface area contributed by atoms with Gasteiger partial charge in [-0.25, -0.2) is 0 Å². The van der Waals surface area contributed by atoms with Gasteiger partial charge in [-0.05, 0) is 25.7 Å². The Morgan fingerprint density at radius 3 is 1.75 bits per heavy atom. The molecule has 0 aromatic heterocycles. The fourth-order valence-electron chi connectivity index (χ4n) is 2.02. The third-order valence-electron chi connectivity index (χ3n) is 3.17. The summed E-state index contributed by atoms with van der Waals surface area (Å²) in [6.45, 7) is 0.847. The fourth-order valence-corrected chi connectivity index (χ4v) is 2.02. The summed E-state index contributed by atoms with van der Waals surface area (Å²) in [4.78, 5) is 0. The summed E-state index contributed by atoms with van der Waals surface area (Å²) in [5.74, 6) is 0. The van der Waals surface area contributed by atoms with Crippen molar-refractivity contribution >= 4 is 0 Å². The van der Waals surface area contributed by atoms with E-state index in [4.69, 9.17) is 26.3 Å². The van der Waals surface area contributed by atoms with Crippen LogP contribution in [0.4, 0.5) is 0 Å². The van der Waals surface area contributed by atoms with Crippen molar-refractivity contribution in [1.82, 2.24) is 0 Å². The van der Waals surface area contributed by atoms with Gasteiger partial charge in [-0.3, -0.25) is 0 Å². The van der Waals surface area contributed by atoms with Crippen molar-refractivity contribution in [2.75, 3.05) is 13.2 Å². The maximum atomic E-state index is 8.53. The van der Waals surface area contributed by atoms with Gasteiger partial charge in [-0.15, -0.1) is 0 Å². The van der Waals surface area contributed by atoms with Crippen molar-refractivity contribution in [2.45, 2.75) is 63.3 Å². The SMILES string of the molecule is N#CCCCCC(N)(CCCCC#N)COCCC#N. The molecule has 5 heteroatoms. The van der Waals surface area contributed by atoms with E-state index in [2.05, 4.69) is 12.1 Å². The summed E-state index contributed by atoms with van der Waals surface area (Å²) < 4.78 is 5.48. The number of ether oxygens (including phenoxy) is 1. The van der Waals surface area contributed by atoms with Crippen LogP contribution in [-0.2, 0) is 4.74 Å². The summed E-state index contributed by atoms with van der Waals surface area (Å²) in [7, 11) is 0. The van der Waals surface area contributed by atoms with E-state index in [1.165, 1.54) is 0 Å². The normalized spacial score (nSPS) is 10.5. The average molecular weight is 276 g/mol. The molecular formula is C15H24N4O. The standard InChI is InChI=1S/C15H24N4O/c16-10-5-1-3-8-15(19,9-4-2-6-11-17)14-20-13-7-12-18/h1-9,13-14,19H2. The first kappa shape index (κ1) is 18.4. The van der Waals surface area contributed by atoms with Crippen LogP contribution >= 0.6 is 0 Å². The van der Waals surface area contributed by atoms with Crippen molar-refractivity contribution in [3.05, 3.63) is 0 Å². The molecule has 2 N–H and O–H groups in total. The van der Waals surface area contributed by atoms with Crippen LogP contribution in [0.25, 0.3) is 0 Å². The van der Waals surface area contributed by atoms with Gasteiger partial charge in [0.05, 0.1) is 37.8 Å². The summed E-state index contributed by atoms with van der Waals surface area (Å²) in [5.41, 5.74) is 5.97. The molecule has 0 aromatic rings. The van der Waals surface area contributed by atoms with Crippen LogP contribution in [0.5, 0.6) is 0 Å². The zero-order valence-electron chi connectivity index (χ0n) is 12.1. The maximum absolute atomic E-state index is 8.53. The van der Waals surface area contributed by atoms with Crippen LogP contribution in [-0.4, -0.2) is 18.8 Å². The van der Waals surface area contributed by atoms with E-state index in [1.807, 2.05) is 6.07 Å². The van der Waals surface area contributed by atoms with Gasteiger partial charge in [0.2, 0.25) is 0 Å². The van der Waals surface area contributed by atoms with Gasteiger partial charge in [0.25, 0.3) is 0 Å². The molecule has 0 aliphatic heterocycles. The quantitative estimate of drug-likeness (QED) is 0.551. The molecule has 0 aliphatic carbocycles. The van der Waals surface area contributed by atoms with Gasteiger partial charge >= 0.3 is 0 Å². The van der Waals surface area contributed by atoms with Crippen LogP contribution in [0.15, 0.2) is 0 Å². The van der Waals surface area contributed by atoms with Crippen LogP contribution in [0.2, 0.25) is 0 Å². The number of nitrogens with zero attached hydrogens (tertiary/aromatic N) is 3. The zero-order valence-corrected chi connectivity index (χ0v) is 12.1. The first-order chi connectivity index (χ1) is 9.68. The number of rotatable bonds is 12. The topological polar surface area (TPSA) is 107 Å². The molecule has 0 saturated heterocycles. The molecule has 0 saturated carbocycles. The van der Waals surface area contributed by atoms with Crippen LogP contribution < -0.4 is 5.73 Å². The lowest BCUT2D eigenvalue weighted by Crippen LogP contribution is -2.44. The second-order valence-corrected chi connectivity index (χ2v) is 5.05. The van der Waals surface area contributed by atoms with Gasteiger partial charge < -0.3 is 10.5 Å². The lowest BCUT2D eigenvalue weighted by atomic mass is 9.88. The average Bonchev–Trinajstić information content (AvgIpc) is 2.45. The van der Waals surface area contributed by atoms with E-state index in [0.29, 0.717) is 32.5 Å². The maximum Gasteiger partial charge on any atom is 0.0646 e. The second kappa shape index (κ2) is 12.4. The molecule has 0 unspecified atom stereocenters. The molecule has 0 aliphatic rings. The Hall–Kier alpha value is -1.61. The smallest absolute Gasteiger partial charge is 0.0646 e. The third kappa shape index (κ3) is 10.3. The minimum Gasteiger partial charge on any atom is -0.378 e. The van der Waals surface area contributed by atoms with Crippen LogP contribution in [0, 0.1) is 34.0 Å². The Morgan fingerprint density at radius 1 is 0.800 bits per heavy atom. The van der Waals surface area contributed by atoms with E-state index >= 15 is 0 Å². The molecule has 0 heterocycles. The minimum atomic E-state index is -0.402. The van der Waals surface area contributed by atoms with Crippen molar-refractivity contribution in [1.29, 1.82) is 15.8 Å². The molecule has 0 amide bonds. The van der Waals surface area contributed by atoms with Crippen LogP contribution in [0.3, 0.4) is 0 Å². The monoisotopic (exact) mass is 276 g/mol. The van der Waals surface area contributed by atoms with E-state index in [-0.39, 0.29) is 0 Å². The predicted octanol–water partition coefficient (Wildman–Crippen LogP) is 2.78. The van der Waals surface area contributed by atoms with Crippen LogP contribution in [0.1, 0.15) is 57.8 Å². The Kier molecular flexibility index (Phi) is 11.4. The summed E-state index contributed by atoms with van der Waals surface area (Å²) >= 11 is 0. The molecule has 0 spiro atoms. The van der Waals surface area contributed by atoms with Crippen molar-refractivity contribution in [2.24, 2.45) is 5.73 Å². The summed E-state index contributed by atoms with van der Waals surface area (Å²) in [6, 6.07) is 6.30. The highest BCUT2D eigenvalue weighted by Crippen LogP contribution is 2.20. The number of nitriles is 3. The highest BCUT2D eigenvalue weighted by atomic mass is 16.5. The third-order valence-corrected chi connectivity index (χ3v) is 3.17. The Balaban J connectivity index is 4.10. The van der Waals surface area contributed by atoms with E-state index < -0.39 is 5.54 Å². The van der Waals surface area contributed by atoms with Gasteiger partial charge in [0.1, 0.15) is 0 Å². The highest BCUT2D eigenvalue weighted by Gasteiger charge is 2.24.